The lowest BCUT2D eigenvalue weighted by Gasteiger charge is -2.24. The first-order valence-corrected chi connectivity index (χ1v) is 9.43. The van der Waals surface area contributed by atoms with E-state index in [4.69, 9.17) is 14.8 Å². The van der Waals surface area contributed by atoms with Gasteiger partial charge in [-0.15, -0.1) is 0 Å². The molecule has 1 aliphatic carbocycles. The number of hydrogen-bond acceptors (Lipinski definition) is 4. The molecule has 1 aliphatic rings. The summed E-state index contributed by atoms with van der Waals surface area (Å²) in [5.74, 6) is 1.89. The predicted octanol–water partition coefficient (Wildman–Crippen LogP) is 4.77. The van der Waals surface area contributed by atoms with Crippen LogP contribution in [0.3, 0.4) is 0 Å². The van der Waals surface area contributed by atoms with E-state index in [1.807, 2.05) is 23.6 Å². The van der Waals surface area contributed by atoms with E-state index in [1.165, 1.54) is 32.1 Å². The normalized spacial score (nSPS) is 15.3. The molecule has 5 nitrogen and oxygen atoms in total. The Morgan fingerprint density at radius 3 is 2.50 bits per heavy atom. The molecular weight excluding hydrogens is 324 g/mol. The summed E-state index contributed by atoms with van der Waals surface area (Å²) in [7, 11) is 1.68. The van der Waals surface area contributed by atoms with Crippen molar-refractivity contribution in [1.82, 2.24) is 14.6 Å². The lowest BCUT2D eigenvalue weighted by molar-refractivity contribution is 0.415. The van der Waals surface area contributed by atoms with Crippen LogP contribution in [-0.4, -0.2) is 27.7 Å². The molecule has 0 aliphatic heterocycles. The molecule has 136 valence electrons. The SMILES string of the molecule is COc1ccc(-c2nn3c(NC4CCCCC4)cc(C)nc3c2C)cc1. The number of nitrogens with zero attached hydrogens (tertiary/aromatic N) is 3. The van der Waals surface area contributed by atoms with E-state index in [-0.39, 0.29) is 0 Å². The summed E-state index contributed by atoms with van der Waals surface area (Å²) >= 11 is 0. The molecule has 1 saturated carbocycles. The Bertz CT molecular complexity index is 908. The van der Waals surface area contributed by atoms with E-state index in [0.29, 0.717) is 6.04 Å². The van der Waals surface area contributed by atoms with Crippen molar-refractivity contribution >= 4 is 11.5 Å². The van der Waals surface area contributed by atoms with Crippen LogP contribution in [0.2, 0.25) is 0 Å². The molecule has 3 aromatic rings. The zero-order valence-electron chi connectivity index (χ0n) is 15.7. The smallest absolute Gasteiger partial charge is 0.161 e. The van der Waals surface area contributed by atoms with Crippen LogP contribution >= 0.6 is 0 Å². The van der Waals surface area contributed by atoms with Crippen LogP contribution in [0.25, 0.3) is 16.9 Å². The fourth-order valence-electron chi connectivity index (χ4n) is 3.83. The van der Waals surface area contributed by atoms with Crippen molar-refractivity contribution in [2.24, 2.45) is 0 Å². The third-order valence-electron chi connectivity index (χ3n) is 5.27. The van der Waals surface area contributed by atoms with Gasteiger partial charge in [0, 0.05) is 28.9 Å². The standard InChI is InChI=1S/C21H26N4O/c1-14-13-19(23-17-7-5-4-6-8-17)25-21(22-14)15(2)20(24-25)16-9-11-18(26-3)12-10-16/h9-13,17,23H,4-8H2,1-3H3. The van der Waals surface area contributed by atoms with Crippen LogP contribution in [0.5, 0.6) is 5.75 Å². The van der Waals surface area contributed by atoms with Crippen LogP contribution in [0.15, 0.2) is 30.3 Å². The number of nitrogens with one attached hydrogen (secondary N) is 1. The number of rotatable bonds is 4. The monoisotopic (exact) mass is 350 g/mol. The second kappa shape index (κ2) is 6.98. The molecule has 0 atom stereocenters. The molecule has 0 unspecified atom stereocenters. The molecule has 26 heavy (non-hydrogen) atoms. The zero-order valence-corrected chi connectivity index (χ0v) is 15.7. The molecule has 0 saturated heterocycles. The van der Waals surface area contributed by atoms with Crippen molar-refractivity contribution < 1.29 is 4.74 Å². The second-order valence-electron chi connectivity index (χ2n) is 7.20. The number of methoxy groups -OCH3 is 1. The summed E-state index contributed by atoms with van der Waals surface area (Å²) < 4.78 is 7.23. The maximum absolute atomic E-state index is 5.27. The van der Waals surface area contributed by atoms with Crippen molar-refractivity contribution in [2.45, 2.75) is 52.0 Å². The van der Waals surface area contributed by atoms with Gasteiger partial charge < -0.3 is 10.1 Å². The summed E-state index contributed by atoms with van der Waals surface area (Å²) in [5.41, 5.74) is 5.09. The highest BCUT2D eigenvalue weighted by atomic mass is 16.5. The highest BCUT2D eigenvalue weighted by molar-refractivity contribution is 5.72. The van der Waals surface area contributed by atoms with Crippen LogP contribution in [0, 0.1) is 13.8 Å². The van der Waals surface area contributed by atoms with Gasteiger partial charge >= 0.3 is 0 Å². The van der Waals surface area contributed by atoms with Gasteiger partial charge in [-0.3, -0.25) is 0 Å². The van der Waals surface area contributed by atoms with Crippen molar-refractivity contribution in [3.05, 3.63) is 41.6 Å². The van der Waals surface area contributed by atoms with Gasteiger partial charge in [0.2, 0.25) is 0 Å². The number of hydrogen-bond donors (Lipinski definition) is 1. The summed E-state index contributed by atoms with van der Waals surface area (Å²) in [4.78, 5) is 4.74. The van der Waals surface area contributed by atoms with Crippen LogP contribution in [0.4, 0.5) is 5.82 Å². The number of aromatic nitrogens is 3. The minimum Gasteiger partial charge on any atom is -0.497 e. The van der Waals surface area contributed by atoms with Gasteiger partial charge in [0.15, 0.2) is 5.65 Å². The van der Waals surface area contributed by atoms with E-state index in [2.05, 4.69) is 30.4 Å². The fourth-order valence-corrected chi connectivity index (χ4v) is 3.83. The van der Waals surface area contributed by atoms with E-state index < -0.39 is 0 Å². The third-order valence-corrected chi connectivity index (χ3v) is 5.27. The molecule has 1 N–H and O–H groups in total. The molecule has 0 spiro atoms. The topological polar surface area (TPSA) is 51.5 Å². The van der Waals surface area contributed by atoms with Crippen molar-refractivity contribution in [3.63, 3.8) is 0 Å². The Morgan fingerprint density at radius 2 is 1.81 bits per heavy atom. The Balaban J connectivity index is 1.76. The number of benzene rings is 1. The minimum absolute atomic E-state index is 0.530. The number of aryl methyl sites for hydroxylation is 2. The lowest BCUT2D eigenvalue weighted by Crippen LogP contribution is -2.24. The average Bonchev–Trinajstić information content (AvgIpc) is 3.00. The number of fused-ring (bicyclic) bond motifs is 1. The summed E-state index contributed by atoms with van der Waals surface area (Å²) in [6.07, 6.45) is 6.43. The summed E-state index contributed by atoms with van der Waals surface area (Å²) in [5, 5.41) is 8.61. The van der Waals surface area contributed by atoms with E-state index >= 15 is 0 Å². The second-order valence-corrected chi connectivity index (χ2v) is 7.20. The first-order chi connectivity index (χ1) is 12.7. The minimum atomic E-state index is 0.530. The van der Waals surface area contributed by atoms with Gasteiger partial charge in [0.05, 0.1) is 12.8 Å². The van der Waals surface area contributed by atoms with Gasteiger partial charge in [0.25, 0.3) is 0 Å². The molecule has 2 aromatic heterocycles. The van der Waals surface area contributed by atoms with Crippen molar-refractivity contribution in [2.75, 3.05) is 12.4 Å². The quantitative estimate of drug-likeness (QED) is 0.736. The molecule has 1 aromatic carbocycles. The van der Waals surface area contributed by atoms with Crippen molar-refractivity contribution in [1.29, 1.82) is 0 Å². The van der Waals surface area contributed by atoms with Gasteiger partial charge in [-0.25, -0.2) is 4.98 Å². The number of anilines is 1. The Labute approximate surface area is 154 Å². The fraction of sp³-hybridized carbons (Fsp3) is 0.429. The van der Waals surface area contributed by atoms with E-state index in [9.17, 15) is 0 Å². The van der Waals surface area contributed by atoms with E-state index in [1.54, 1.807) is 7.11 Å². The van der Waals surface area contributed by atoms with Gasteiger partial charge in [-0.05, 0) is 51.0 Å². The third kappa shape index (κ3) is 3.14. The largest absolute Gasteiger partial charge is 0.497 e. The molecule has 0 bridgehead atoms. The molecule has 0 amide bonds. The maximum Gasteiger partial charge on any atom is 0.161 e. The predicted molar refractivity (Wildman–Crippen MR) is 105 cm³/mol. The Hall–Kier alpha value is -2.56. The van der Waals surface area contributed by atoms with Crippen LogP contribution in [-0.2, 0) is 0 Å². The van der Waals surface area contributed by atoms with Gasteiger partial charge in [0.1, 0.15) is 11.6 Å². The molecule has 4 rings (SSSR count). The highest BCUT2D eigenvalue weighted by Gasteiger charge is 2.18. The Morgan fingerprint density at radius 1 is 1.08 bits per heavy atom. The van der Waals surface area contributed by atoms with Gasteiger partial charge in [-0.1, -0.05) is 19.3 Å². The maximum atomic E-state index is 5.27. The van der Waals surface area contributed by atoms with Gasteiger partial charge in [-0.2, -0.15) is 9.61 Å². The number of ether oxygens (including phenoxy) is 1. The summed E-state index contributed by atoms with van der Waals surface area (Å²) in [6, 6.07) is 10.7. The van der Waals surface area contributed by atoms with E-state index in [0.717, 1.165) is 39.7 Å². The van der Waals surface area contributed by atoms with Crippen LogP contribution < -0.4 is 10.1 Å². The Kier molecular flexibility index (Phi) is 4.53. The summed E-state index contributed by atoms with van der Waals surface area (Å²) in [6.45, 7) is 4.14. The lowest BCUT2D eigenvalue weighted by atomic mass is 9.95. The first-order valence-electron chi connectivity index (χ1n) is 9.43. The first kappa shape index (κ1) is 16.9. The molecule has 5 heteroatoms. The molecule has 1 fully saturated rings. The molecule has 0 radical (unpaired) electrons. The average molecular weight is 350 g/mol. The molecule has 2 heterocycles. The highest BCUT2D eigenvalue weighted by Crippen LogP contribution is 2.29. The molecular formula is C21H26N4O. The zero-order chi connectivity index (χ0) is 18.1. The van der Waals surface area contributed by atoms with Crippen molar-refractivity contribution in [3.8, 4) is 17.0 Å². The van der Waals surface area contributed by atoms with Crippen LogP contribution in [0.1, 0.15) is 43.4 Å².